The number of hydrogen-bond acceptors (Lipinski definition) is 8. The van der Waals surface area contributed by atoms with Gasteiger partial charge in [-0.15, -0.1) is 0 Å². The third kappa shape index (κ3) is 5.03. The van der Waals surface area contributed by atoms with Gasteiger partial charge in [0.05, 0.1) is 26.0 Å². The summed E-state index contributed by atoms with van der Waals surface area (Å²) in [6, 6.07) is 12.3. The quantitative estimate of drug-likeness (QED) is 0.386. The minimum absolute atomic E-state index is 0.0186. The molecule has 1 aliphatic carbocycles. The number of sulfone groups is 1. The molecule has 5 rings (SSSR count). The van der Waals surface area contributed by atoms with Gasteiger partial charge in [0.2, 0.25) is 5.95 Å². The summed E-state index contributed by atoms with van der Waals surface area (Å²) in [6.07, 6.45) is 3.90. The summed E-state index contributed by atoms with van der Waals surface area (Å²) in [5.74, 6) is 1.90. The molecule has 2 aromatic carbocycles. The maximum atomic E-state index is 12.8. The van der Waals surface area contributed by atoms with Gasteiger partial charge < -0.3 is 20.3 Å². The molecule has 2 N–H and O–H groups in total. The van der Waals surface area contributed by atoms with E-state index in [2.05, 4.69) is 36.5 Å². The van der Waals surface area contributed by atoms with Gasteiger partial charge in [0, 0.05) is 24.5 Å². The molecule has 2 heterocycles. The van der Waals surface area contributed by atoms with Crippen molar-refractivity contribution in [2.24, 2.45) is 5.92 Å². The fraction of sp³-hybridized carbons (Fsp3) is 0.320. The van der Waals surface area contributed by atoms with Crippen LogP contribution in [0.1, 0.15) is 26.7 Å². The normalized spacial score (nSPS) is 15.4. The van der Waals surface area contributed by atoms with Gasteiger partial charge in [-0.1, -0.05) is 12.1 Å². The number of ether oxygens (including phenoxy) is 1. The number of carbonyl (C=O) groups excluding carboxylic acids is 1. The maximum absolute atomic E-state index is 12.8. The van der Waals surface area contributed by atoms with E-state index in [0.717, 1.165) is 25.1 Å². The predicted molar refractivity (Wildman–Crippen MR) is 142 cm³/mol. The first-order valence-corrected chi connectivity index (χ1v) is 14.0. The summed E-state index contributed by atoms with van der Waals surface area (Å²) in [5.41, 5.74) is 1.90. The van der Waals surface area contributed by atoms with Crippen LogP contribution in [0.2, 0.25) is 0 Å². The number of para-hydroxylation sites is 1. The largest absolute Gasteiger partial charge is 0.481 e. The molecule has 1 amide bonds. The van der Waals surface area contributed by atoms with E-state index in [1.165, 1.54) is 0 Å². The second kappa shape index (κ2) is 9.70. The minimum Gasteiger partial charge on any atom is -0.481 e. The van der Waals surface area contributed by atoms with Gasteiger partial charge in [-0.3, -0.25) is 4.79 Å². The average Bonchev–Trinajstić information content (AvgIpc) is 3.67. The number of halogens is 1. The van der Waals surface area contributed by atoms with Crippen molar-refractivity contribution >= 4 is 60.5 Å². The van der Waals surface area contributed by atoms with Crippen LogP contribution in [0.4, 0.5) is 28.8 Å². The van der Waals surface area contributed by atoms with Crippen molar-refractivity contribution in [3.05, 3.63) is 53.1 Å². The zero-order valence-electron chi connectivity index (χ0n) is 19.9. The Bertz CT molecular complexity index is 1430. The smallest absolute Gasteiger partial charge is 0.265 e. The fourth-order valence-corrected chi connectivity index (χ4v) is 5.38. The SMILES string of the molecule is CC(C)S(=O)(=O)c1ccccc1Nc1nc(Nc2ccc3c(c2)OCC(=O)N3CC2CC2)ncc1Br. The summed E-state index contributed by atoms with van der Waals surface area (Å²) < 4.78 is 31.9. The van der Waals surface area contributed by atoms with E-state index in [4.69, 9.17) is 4.74 Å². The van der Waals surface area contributed by atoms with E-state index < -0.39 is 15.1 Å². The maximum Gasteiger partial charge on any atom is 0.265 e. The van der Waals surface area contributed by atoms with E-state index in [1.807, 2.05) is 18.2 Å². The number of carbonyl (C=O) groups is 1. The van der Waals surface area contributed by atoms with Crippen LogP contribution in [-0.4, -0.2) is 42.7 Å². The highest BCUT2D eigenvalue weighted by Crippen LogP contribution is 2.39. The molecule has 0 radical (unpaired) electrons. The number of aromatic nitrogens is 2. The van der Waals surface area contributed by atoms with E-state index in [9.17, 15) is 13.2 Å². The van der Waals surface area contributed by atoms with Crippen LogP contribution in [0.25, 0.3) is 0 Å². The zero-order valence-corrected chi connectivity index (χ0v) is 22.3. The molecule has 36 heavy (non-hydrogen) atoms. The van der Waals surface area contributed by atoms with Crippen molar-refractivity contribution in [1.29, 1.82) is 0 Å². The van der Waals surface area contributed by atoms with Crippen LogP contribution >= 0.6 is 15.9 Å². The highest BCUT2D eigenvalue weighted by Gasteiger charge is 2.32. The Morgan fingerprint density at radius 1 is 1.17 bits per heavy atom. The molecule has 0 saturated heterocycles. The van der Waals surface area contributed by atoms with E-state index in [0.29, 0.717) is 39.3 Å². The van der Waals surface area contributed by atoms with Crippen LogP contribution in [0.15, 0.2) is 58.0 Å². The van der Waals surface area contributed by atoms with Crippen molar-refractivity contribution in [2.45, 2.75) is 36.8 Å². The Morgan fingerprint density at radius 2 is 1.94 bits per heavy atom. The summed E-state index contributed by atoms with van der Waals surface area (Å²) in [6.45, 7) is 4.04. The number of fused-ring (bicyclic) bond motifs is 1. The Morgan fingerprint density at radius 3 is 2.69 bits per heavy atom. The number of benzene rings is 2. The van der Waals surface area contributed by atoms with Gasteiger partial charge in [0.25, 0.3) is 5.91 Å². The zero-order chi connectivity index (χ0) is 25.4. The van der Waals surface area contributed by atoms with Crippen molar-refractivity contribution in [2.75, 3.05) is 28.7 Å². The van der Waals surface area contributed by atoms with Gasteiger partial charge in [-0.05, 0) is 72.8 Å². The molecular formula is C25H26BrN5O4S. The standard InChI is InChI=1S/C25H26BrN5O4S/c1-15(2)36(33,34)22-6-4-3-5-19(22)29-24-18(26)12-27-25(30-24)28-17-9-10-20-21(11-17)35-14-23(32)31(20)13-16-7-8-16/h3-6,9-12,15-16H,7-8,13-14H2,1-2H3,(H2,27,28,29,30). The molecule has 1 aliphatic heterocycles. The van der Waals surface area contributed by atoms with Crippen molar-refractivity contribution < 1.29 is 17.9 Å². The molecule has 1 saturated carbocycles. The first-order valence-electron chi connectivity index (χ1n) is 11.7. The molecular weight excluding hydrogens is 546 g/mol. The fourth-order valence-electron chi connectivity index (χ4n) is 3.88. The lowest BCUT2D eigenvalue weighted by Gasteiger charge is -2.29. The second-order valence-corrected chi connectivity index (χ2v) is 12.5. The van der Waals surface area contributed by atoms with Crippen LogP contribution in [-0.2, 0) is 14.6 Å². The molecule has 188 valence electrons. The highest BCUT2D eigenvalue weighted by molar-refractivity contribution is 9.10. The Hall–Kier alpha value is -3.18. The van der Waals surface area contributed by atoms with Gasteiger partial charge in [-0.2, -0.15) is 4.98 Å². The lowest BCUT2D eigenvalue weighted by Crippen LogP contribution is -2.40. The van der Waals surface area contributed by atoms with Crippen molar-refractivity contribution in [3.63, 3.8) is 0 Å². The van der Waals surface area contributed by atoms with Gasteiger partial charge in [0.15, 0.2) is 16.4 Å². The lowest BCUT2D eigenvalue weighted by molar-refractivity contribution is -0.121. The van der Waals surface area contributed by atoms with Crippen LogP contribution in [0.3, 0.4) is 0 Å². The highest BCUT2D eigenvalue weighted by atomic mass is 79.9. The molecule has 11 heteroatoms. The predicted octanol–water partition coefficient (Wildman–Crippen LogP) is 5.04. The molecule has 0 unspecified atom stereocenters. The number of hydrogen-bond donors (Lipinski definition) is 2. The average molecular weight is 572 g/mol. The van der Waals surface area contributed by atoms with Crippen LogP contribution in [0.5, 0.6) is 5.75 Å². The number of amides is 1. The summed E-state index contributed by atoms with van der Waals surface area (Å²) in [7, 11) is -3.50. The third-order valence-electron chi connectivity index (χ3n) is 6.11. The topological polar surface area (TPSA) is 114 Å². The molecule has 0 bridgehead atoms. The molecule has 0 spiro atoms. The first-order chi connectivity index (χ1) is 17.2. The molecule has 3 aromatic rings. The molecule has 1 fully saturated rings. The van der Waals surface area contributed by atoms with Gasteiger partial charge in [-0.25, -0.2) is 13.4 Å². The molecule has 1 aromatic heterocycles. The first kappa shape index (κ1) is 24.5. The van der Waals surface area contributed by atoms with Gasteiger partial charge >= 0.3 is 0 Å². The molecule has 2 aliphatic rings. The minimum atomic E-state index is -3.50. The van der Waals surface area contributed by atoms with Crippen molar-refractivity contribution in [3.8, 4) is 5.75 Å². The summed E-state index contributed by atoms with van der Waals surface area (Å²) in [4.78, 5) is 23.2. The number of nitrogens with zero attached hydrogens (tertiary/aromatic N) is 3. The van der Waals surface area contributed by atoms with E-state index in [-0.39, 0.29) is 17.4 Å². The number of rotatable bonds is 8. The monoisotopic (exact) mass is 571 g/mol. The number of nitrogens with one attached hydrogen (secondary N) is 2. The van der Waals surface area contributed by atoms with Crippen LogP contribution in [0, 0.1) is 5.92 Å². The summed E-state index contributed by atoms with van der Waals surface area (Å²) >= 11 is 3.44. The second-order valence-electron chi connectivity index (χ2n) is 9.15. The van der Waals surface area contributed by atoms with Crippen LogP contribution < -0.4 is 20.3 Å². The Balaban J connectivity index is 1.39. The Labute approximate surface area is 218 Å². The Kier molecular flexibility index (Phi) is 6.60. The third-order valence-corrected chi connectivity index (χ3v) is 8.90. The van der Waals surface area contributed by atoms with E-state index >= 15 is 0 Å². The number of anilines is 5. The molecule has 9 nitrogen and oxygen atoms in total. The lowest BCUT2D eigenvalue weighted by atomic mass is 10.2. The van der Waals surface area contributed by atoms with E-state index in [1.54, 1.807) is 49.2 Å². The van der Waals surface area contributed by atoms with Crippen molar-refractivity contribution in [1.82, 2.24) is 9.97 Å². The summed E-state index contributed by atoms with van der Waals surface area (Å²) in [5, 5.41) is 5.73. The van der Waals surface area contributed by atoms with Gasteiger partial charge in [0.1, 0.15) is 11.6 Å². The molecule has 0 atom stereocenters.